The van der Waals surface area contributed by atoms with E-state index in [1.807, 2.05) is 12.1 Å². The predicted octanol–water partition coefficient (Wildman–Crippen LogP) is 1.48. The number of hydrogen-bond acceptors (Lipinski definition) is 5. The minimum Gasteiger partial charge on any atom is -0.462 e. The molecule has 0 aliphatic carbocycles. The number of esters is 1. The maximum atomic E-state index is 11.5. The summed E-state index contributed by atoms with van der Waals surface area (Å²) in [6.45, 7) is 3.66. The zero-order valence-electron chi connectivity index (χ0n) is 10.9. The van der Waals surface area contributed by atoms with Crippen LogP contribution in [-0.2, 0) is 16.1 Å². The van der Waals surface area contributed by atoms with E-state index in [0.717, 1.165) is 5.56 Å². The zero-order chi connectivity index (χ0) is 13.8. The summed E-state index contributed by atoms with van der Waals surface area (Å²) in [7, 11) is 0. The molecule has 1 aromatic heterocycles. The van der Waals surface area contributed by atoms with Crippen LogP contribution >= 0.6 is 0 Å². The first-order valence-corrected chi connectivity index (χ1v) is 5.99. The molecule has 6 nitrogen and oxygen atoms in total. The molecule has 0 unspecified atom stereocenters. The minimum absolute atomic E-state index is 0.0557. The third-order valence-corrected chi connectivity index (χ3v) is 2.36. The van der Waals surface area contributed by atoms with E-state index in [4.69, 9.17) is 10.5 Å². The fourth-order valence-electron chi connectivity index (χ4n) is 1.57. The van der Waals surface area contributed by atoms with Crippen LogP contribution in [0.3, 0.4) is 0 Å². The number of rotatable bonds is 4. The number of aromatic nitrogens is 3. The van der Waals surface area contributed by atoms with Gasteiger partial charge in [-0.2, -0.15) is 5.10 Å². The standard InChI is InChI=1S/C13H16N4O2/c1-9(2)19-12(18)7-17-8-15-13(16-17)10-3-5-11(14)6-4-10/h3-6,8-9H,7,14H2,1-2H3. The lowest BCUT2D eigenvalue weighted by Gasteiger charge is -2.06. The average molecular weight is 260 g/mol. The van der Waals surface area contributed by atoms with Gasteiger partial charge in [-0.15, -0.1) is 0 Å². The van der Waals surface area contributed by atoms with Crippen molar-refractivity contribution in [1.29, 1.82) is 0 Å². The molecule has 0 saturated carbocycles. The van der Waals surface area contributed by atoms with Crippen LogP contribution in [0.2, 0.25) is 0 Å². The molecule has 1 aromatic carbocycles. The van der Waals surface area contributed by atoms with E-state index in [0.29, 0.717) is 11.5 Å². The molecule has 0 fully saturated rings. The Morgan fingerprint density at radius 1 is 1.37 bits per heavy atom. The maximum absolute atomic E-state index is 11.5. The number of nitrogens with two attached hydrogens (primary N) is 1. The second-order valence-corrected chi connectivity index (χ2v) is 4.43. The molecular weight excluding hydrogens is 244 g/mol. The van der Waals surface area contributed by atoms with E-state index in [1.54, 1.807) is 26.0 Å². The van der Waals surface area contributed by atoms with Crippen molar-refractivity contribution in [2.75, 3.05) is 5.73 Å². The van der Waals surface area contributed by atoms with Gasteiger partial charge in [-0.05, 0) is 38.1 Å². The number of nitrogen functional groups attached to an aromatic ring is 1. The largest absolute Gasteiger partial charge is 0.462 e. The monoisotopic (exact) mass is 260 g/mol. The summed E-state index contributed by atoms with van der Waals surface area (Å²) in [4.78, 5) is 15.6. The second-order valence-electron chi connectivity index (χ2n) is 4.43. The lowest BCUT2D eigenvalue weighted by atomic mass is 10.2. The molecule has 0 atom stereocenters. The third-order valence-electron chi connectivity index (χ3n) is 2.36. The Labute approximate surface area is 111 Å². The summed E-state index contributed by atoms with van der Waals surface area (Å²) in [5.41, 5.74) is 7.15. The SMILES string of the molecule is CC(C)OC(=O)Cn1cnc(-c2ccc(N)cc2)n1. The molecule has 2 rings (SSSR count). The predicted molar refractivity (Wildman–Crippen MR) is 71.1 cm³/mol. The normalized spacial score (nSPS) is 10.7. The first kappa shape index (κ1) is 13.1. The van der Waals surface area contributed by atoms with Gasteiger partial charge in [0.05, 0.1) is 6.10 Å². The summed E-state index contributed by atoms with van der Waals surface area (Å²) < 4.78 is 6.50. The molecule has 0 radical (unpaired) electrons. The van der Waals surface area contributed by atoms with Crippen LogP contribution in [0.4, 0.5) is 5.69 Å². The number of carbonyl (C=O) groups is 1. The van der Waals surface area contributed by atoms with E-state index in [1.165, 1.54) is 11.0 Å². The highest BCUT2D eigenvalue weighted by Gasteiger charge is 2.09. The second kappa shape index (κ2) is 5.51. The molecule has 100 valence electrons. The van der Waals surface area contributed by atoms with Crippen LogP contribution in [-0.4, -0.2) is 26.8 Å². The molecule has 0 aliphatic heterocycles. The molecular formula is C13H16N4O2. The van der Waals surface area contributed by atoms with Crippen molar-refractivity contribution in [1.82, 2.24) is 14.8 Å². The van der Waals surface area contributed by atoms with E-state index in [2.05, 4.69) is 10.1 Å². The molecule has 1 heterocycles. The summed E-state index contributed by atoms with van der Waals surface area (Å²) in [5, 5.41) is 4.22. The van der Waals surface area contributed by atoms with Crippen LogP contribution in [0.5, 0.6) is 0 Å². The summed E-state index contributed by atoms with van der Waals surface area (Å²) >= 11 is 0. The van der Waals surface area contributed by atoms with Gasteiger partial charge in [0.2, 0.25) is 0 Å². The molecule has 0 spiro atoms. The van der Waals surface area contributed by atoms with Crippen LogP contribution in [0.25, 0.3) is 11.4 Å². The molecule has 0 aliphatic rings. The fraction of sp³-hybridized carbons (Fsp3) is 0.308. The van der Waals surface area contributed by atoms with Gasteiger partial charge in [-0.1, -0.05) is 0 Å². The van der Waals surface area contributed by atoms with Crippen molar-refractivity contribution < 1.29 is 9.53 Å². The van der Waals surface area contributed by atoms with Gasteiger partial charge in [0.25, 0.3) is 0 Å². The highest BCUT2D eigenvalue weighted by molar-refractivity contribution is 5.69. The number of anilines is 1. The lowest BCUT2D eigenvalue weighted by Crippen LogP contribution is -2.17. The first-order chi connectivity index (χ1) is 9.04. The number of nitrogens with zero attached hydrogens (tertiary/aromatic N) is 3. The summed E-state index contributed by atoms with van der Waals surface area (Å²) in [6.07, 6.45) is 1.38. The number of ether oxygens (including phenoxy) is 1. The molecule has 0 amide bonds. The van der Waals surface area contributed by atoms with E-state index in [9.17, 15) is 4.79 Å². The number of hydrogen-bond donors (Lipinski definition) is 1. The Morgan fingerprint density at radius 3 is 2.68 bits per heavy atom. The highest BCUT2D eigenvalue weighted by atomic mass is 16.5. The van der Waals surface area contributed by atoms with E-state index in [-0.39, 0.29) is 18.6 Å². The van der Waals surface area contributed by atoms with Gasteiger partial charge in [-0.25, -0.2) is 9.67 Å². The zero-order valence-corrected chi connectivity index (χ0v) is 10.9. The van der Waals surface area contributed by atoms with Gasteiger partial charge in [0.15, 0.2) is 5.82 Å². The van der Waals surface area contributed by atoms with Crippen molar-refractivity contribution in [2.45, 2.75) is 26.5 Å². The lowest BCUT2D eigenvalue weighted by molar-refractivity contribution is -0.148. The summed E-state index contributed by atoms with van der Waals surface area (Å²) in [5.74, 6) is 0.223. The van der Waals surface area contributed by atoms with Crippen LogP contribution in [0.1, 0.15) is 13.8 Å². The number of carbonyl (C=O) groups excluding carboxylic acids is 1. The van der Waals surface area contributed by atoms with Crippen molar-refractivity contribution in [3.63, 3.8) is 0 Å². The molecule has 19 heavy (non-hydrogen) atoms. The van der Waals surface area contributed by atoms with Gasteiger partial charge in [0.1, 0.15) is 12.9 Å². The third kappa shape index (κ3) is 3.54. The molecule has 6 heteroatoms. The minimum atomic E-state index is -0.330. The Morgan fingerprint density at radius 2 is 2.05 bits per heavy atom. The maximum Gasteiger partial charge on any atom is 0.328 e. The van der Waals surface area contributed by atoms with Crippen molar-refractivity contribution in [3.05, 3.63) is 30.6 Å². The van der Waals surface area contributed by atoms with E-state index < -0.39 is 0 Å². The van der Waals surface area contributed by atoms with Crippen molar-refractivity contribution in [2.24, 2.45) is 0 Å². The first-order valence-electron chi connectivity index (χ1n) is 5.99. The molecule has 2 aromatic rings. The average Bonchev–Trinajstić information content (AvgIpc) is 2.77. The quantitative estimate of drug-likeness (QED) is 0.665. The molecule has 2 N–H and O–H groups in total. The Balaban J connectivity index is 2.07. The van der Waals surface area contributed by atoms with Gasteiger partial charge in [0, 0.05) is 11.3 Å². The van der Waals surface area contributed by atoms with Crippen LogP contribution in [0.15, 0.2) is 30.6 Å². The molecule has 0 saturated heterocycles. The van der Waals surface area contributed by atoms with E-state index >= 15 is 0 Å². The topological polar surface area (TPSA) is 83.0 Å². The smallest absolute Gasteiger partial charge is 0.328 e. The number of benzene rings is 1. The Bertz CT molecular complexity index is 560. The van der Waals surface area contributed by atoms with Crippen molar-refractivity contribution >= 4 is 11.7 Å². The van der Waals surface area contributed by atoms with Crippen molar-refractivity contribution in [3.8, 4) is 11.4 Å². The Hall–Kier alpha value is -2.37. The van der Waals surface area contributed by atoms with Gasteiger partial charge < -0.3 is 10.5 Å². The highest BCUT2D eigenvalue weighted by Crippen LogP contribution is 2.15. The van der Waals surface area contributed by atoms with Crippen LogP contribution < -0.4 is 5.73 Å². The Kier molecular flexibility index (Phi) is 3.79. The van der Waals surface area contributed by atoms with Gasteiger partial charge in [-0.3, -0.25) is 4.79 Å². The summed E-state index contributed by atoms with van der Waals surface area (Å²) in [6, 6.07) is 7.23. The fourth-order valence-corrected chi connectivity index (χ4v) is 1.57. The molecule has 0 bridgehead atoms. The van der Waals surface area contributed by atoms with Crippen LogP contribution in [0, 0.1) is 0 Å². The van der Waals surface area contributed by atoms with Gasteiger partial charge >= 0.3 is 5.97 Å².